The first-order valence-corrected chi connectivity index (χ1v) is 6.71. The summed E-state index contributed by atoms with van der Waals surface area (Å²) >= 11 is 0. The fourth-order valence-corrected chi connectivity index (χ4v) is 1.80. The Kier molecular flexibility index (Phi) is 6.89. The van der Waals surface area contributed by atoms with Gasteiger partial charge >= 0.3 is 12.1 Å². The van der Waals surface area contributed by atoms with Crippen molar-refractivity contribution in [2.24, 2.45) is 4.99 Å². The Labute approximate surface area is 131 Å². The number of aldehydes is 1. The Morgan fingerprint density at radius 1 is 1.39 bits per heavy atom. The van der Waals surface area contributed by atoms with Crippen LogP contribution in [0.15, 0.2) is 29.3 Å². The number of ether oxygens (including phenoxy) is 2. The molecule has 0 aromatic heterocycles. The largest absolute Gasteiger partial charge is 0.456 e. The number of hydrogen-bond acceptors (Lipinski definition) is 5. The van der Waals surface area contributed by atoms with E-state index < -0.39 is 30.4 Å². The van der Waals surface area contributed by atoms with Crippen LogP contribution >= 0.6 is 0 Å². The van der Waals surface area contributed by atoms with Gasteiger partial charge in [-0.15, -0.1) is 0 Å². The van der Waals surface area contributed by atoms with E-state index in [0.29, 0.717) is 6.29 Å². The molecular weight excluding hydrogens is 315 g/mol. The molecule has 0 aliphatic rings. The molecule has 126 valence electrons. The number of halogens is 3. The van der Waals surface area contributed by atoms with Crippen molar-refractivity contribution < 1.29 is 32.2 Å². The molecule has 1 aromatic carbocycles. The SMILES string of the molecule is CCC(=Nc1cccc(C(F)(F)F)c1)C(OC)C(=O)OCC=O. The van der Waals surface area contributed by atoms with Gasteiger partial charge in [0.05, 0.1) is 17.0 Å². The molecule has 0 aliphatic carbocycles. The molecule has 1 rings (SSSR count). The van der Waals surface area contributed by atoms with Gasteiger partial charge in [0.2, 0.25) is 0 Å². The van der Waals surface area contributed by atoms with E-state index in [2.05, 4.69) is 9.73 Å². The van der Waals surface area contributed by atoms with Gasteiger partial charge in [0.25, 0.3) is 0 Å². The fraction of sp³-hybridized carbons (Fsp3) is 0.400. The number of carbonyl (C=O) groups excluding carboxylic acids is 2. The zero-order valence-electron chi connectivity index (χ0n) is 12.6. The van der Waals surface area contributed by atoms with Crippen LogP contribution < -0.4 is 0 Å². The van der Waals surface area contributed by atoms with Crippen LogP contribution in [-0.2, 0) is 25.2 Å². The van der Waals surface area contributed by atoms with Gasteiger partial charge in [0.1, 0.15) is 6.61 Å². The van der Waals surface area contributed by atoms with Crippen LogP contribution in [0.5, 0.6) is 0 Å². The number of benzene rings is 1. The minimum Gasteiger partial charge on any atom is -0.456 e. The summed E-state index contributed by atoms with van der Waals surface area (Å²) in [6.07, 6.45) is -5.01. The molecule has 1 aromatic rings. The maximum absolute atomic E-state index is 12.7. The molecule has 5 nitrogen and oxygen atoms in total. The van der Waals surface area contributed by atoms with Crippen LogP contribution in [0.3, 0.4) is 0 Å². The summed E-state index contributed by atoms with van der Waals surface area (Å²) in [6, 6.07) is 4.41. The van der Waals surface area contributed by atoms with E-state index in [1.54, 1.807) is 6.92 Å². The molecule has 0 bridgehead atoms. The lowest BCUT2D eigenvalue weighted by atomic mass is 10.1. The topological polar surface area (TPSA) is 65.0 Å². The first-order valence-electron chi connectivity index (χ1n) is 6.71. The predicted octanol–water partition coefficient (Wildman–Crippen LogP) is 2.95. The molecule has 0 aliphatic heterocycles. The van der Waals surface area contributed by atoms with E-state index in [0.717, 1.165) is 12.1 Å². The van der Waals surface area contributed by atoms with Crippen LogP contribution in [0.2, 0.25) is 0 Å². The van der Waals surface area contributed by atoms with Gasteiger partial charge < -0.3 is 9.47 Å². The molecule has 0 heterocycles. The Balaban J connectivity index is 3.10. The van der Waals surface area contributed by atoms with E-state index >= 15 is 0 Å². The fourth-order valence-electron chi connectivity index (χ4n) is 1.80. The lowest BCUT2D eigenvalue weighted by Gasteiger charge is -2.15. The summed E-state index contributed by atoms with van der Waals surface area (Å²) in [5.41, 5.74) is -0.601. The number of methoxy groups -OCH3 is 1. The minimum absolute atomic E-state index is 0.0434. The Hall–Kier alpha value is -2.22. The Morgan fingerprint density at radius 2 is 2.09 bits per heavy atom. The number of hydrogen-bond donors (Lipinski definition) is 0. The van der Waals surface area contributed by atoms with E-state index in [9.17, 15) is 22.8 Å². The second-order valence-electron chi connectivity index (χ2n) is 4.42. The summed E-state index contributed by atoms with van der Waals surface area (Å²) in [7, 11) is 1.24. The third-order valence-electron chi connectivity index (χ3n) is 2.85. The van der Waals surface area contributed by atoms with Crippen LogP contribution in [0, 0.1) is 0 Å². The quantitative estimate of drug-likeness (QED) is 0.438. The second kappa shape index (κ2) is 8.42. The Bertz CT molecular complexity index is 584. The van der Waals surface area contributed by atoms with Crippen molar-refractivity contribution in [3.05, 3.63) is 29.8 Å². The predicted molar refractivity (Wildman–Crippen MR) is 76.7 cm³/mol. The van der Waals surface area contributed by atoms with Crippen molar-refractivity contribution in [1.29, 1.82) is 0 Å². The average Bonchev–Trinajstić information content (AvgIpc) is 2.52. The number of carbonyl (C=O) groups is 2. The molecular formula is C15H16F3NO4. The lowest BCUT2D eigenvalue weighted by molar-refractivity contribution is -0.152. The normalized spacial score (nSPS) is 13.5. The summed E-state index contributed by atoms with van der Waals surface area (Å²) < 4.78 is 47.7. The summed E-state index contributed by atoms with van der Waals surface area (Å²) in [5.74, 6) is -0.827. The van der Waals surface area contributed by atoms with Crippen LogP contribution in [-0.4, -0.2) is 37.8 Å². The van der Waals surface area contributed by atoms with Crippen LogP contribution in [0.1, 0.15) is 18.9 Å². The molecule has 0 radical (unpaired) electrons. The highest BCUT2D eigenvalue weighted by atomic mass is 19.4. The van der Waals surface area contributed by atoms with E-state index in [-0.39, 0.29) is 17.8 Å². The van der Waals surface area contributed by atoms with Crippen molar-refractivity contribution >= 4 is 23.7 Å². The third kappa shape index (κ3) is 5.48. The molecule has 8 heteroatoms. The molecule has 1 unspecified atom stereocenters. The smallest absolute Gasteiger partial charge is 0.416 e. The second-order valence-corrected chi connectivity index (χ2v) is 4.42. The zero-order valence-corrected chi connectivity index (χ0v) is 12.6. The number of nitrogens with zero attached hydrogens (tertiary/aromatic N) is 1. The Morgan fingerprint density at radius 3 is 2.61 bits per heavy atom. The van der Waals surface area contributed by atoms with E-state index in [1.165, 1.54) is 19.2 Å². The molecule has 0 amide bonds. The lowest BCUT2D eigenvalue weighted by Crippen LogP contribution is -2.33. The van der Waals surface area contributed by atoms with Gasteiger partial charge in [-0.05, 0) is 24.6 Å². The molecule has 0 N–H and O–H groups in total. The van der Waals surface area contributed by atoms with Gasteiger partial charge in [0, 0.05) is 7.11 Å². The molecule has 0 fully saturated rings. The molecule has 0 saturated heterocycles. The monoisotopic (exact) mass is 331 g/mol. The van der Waals surface area contributed by atoms with E-state index in [4.69, 9.17) is 4.74 Å². The average molecular weight is 331 g/mol. The summed E-state index contributed by atoms with van der Waals surface area (Å²) in [6.45, 7) is 1.24. The van der Waals surface area contributed by atoms with Crippen LogP contribution in [0.25, 0.3) is 0 Å². The van der Waals surface area contributed by atoms with Crippen LogP contribution in [0.4, 0.5) is 18.9 Å². The number of rotatable bonds is 7. The van der Waals surface area contributed by atoms with Crippen molar-refractivity contribution in [2.75, 3.05) is 13.7 Å². The standard InChI is InChI=1S/C15H16F3NO4/c1-3-12(13(22-2)14(21)23-8-7-20)19-11-6-4-5-10(9-11)15(16,17)18/h4-7,9,13H,3,8H2,1-2H3. The molecule has 1 atom stereocenters. The highest BCUT2D eigenvalue weighted by Crippen LogP contribution is 2.31. The highest BCUT2D eigenvalue weighted by molar-refractivity contribution is 6.06. The van der Waals surface area contributed by atoms with Crippen molar-refractivity contribution in [3.8, 4) is 0 Å². The van der Waals surface area contributed by atoms with Gasteiger partial charge in [-0.1, -0.05) is 13.0 Å². The van der Waals surface area contributed by atoms with Crippen molar-refractivity contribution in [2.45, 2.75) is 25.6 Å². The first kappa shape index (κ1) is 18.8. The molecule has 23 heavy (non-hydrogen) atoms. The van der Waals surface area contributed by atoms with Crippen molar-refractivity contribution in [1.82, 2.24) is 0 Å². The van der Waals surface area contributed by atoms with Crippen molar-refractivity contribution in [3.63, 3.8) is 0 Å². The van der Waals surface area contributed by atoms with Gasteiger partial charge in [-0.3, -0.25) is 9.79 Å². The van der Waals surface area contributed by atoms with E-state index in [1.807, 2.05) is 0 Å². The number of aliphatic imine (C=N–C) groups is 1. The molecule has 0 saturated carbocycles. The van der Waals surface area contributed by atoms with Gasteiger partial charge in [-0.25, -0.2) is 4.79 Å². The summed E-state index contributed by atoms with van der Waals surface area (Å²) in [4.78, 5) is 26.1. The first-order chi connectivity index (χ1) is 10.8. The minimum atomic E-state index is -4.48. The maximum Gasteiger partial charge on any atom is 0.416 e. The third-order valence-corrected chi connectivity index (χ3v) is 2.85. The number of alkyl halides is 3. The van der Waals surface area contributed by atoms with Gasteiger partial charge in [-0.2, -0.15) is 13.2 Å². The maximum atomic E-state index is 12.7. The van der Waals surface area contributed by atoms with Gasteiger partial charge in [0.15, 0.2) is 12.4 Å². The zero-order chi connectivity index (χ0) is 17.5. The molecule has 0 spiro atoms. The summed E-state index contributed by atoms with van der Waals surface area (Å²) in [5, 5.41) is 0. The highest BCUT2D eigenvalue weighted by Gasteiger charge is 2.30. The number of esters is 1.